The summed E-state index contributed by atoms with van der Waals surface area (Å²) in [7, 11) is 2.38. The van der Waals surface area contributed by atoms with Gasteiger partial charge in [0.1, 0.15) is 0 Å². The van der Waals surface area contributed by atoms with Gasteiger partial charge in [0.25, 0.3) is 0 Å². The quantitative estimate of drug-likeness (QED) is 0.823. The standard InChI is InChI=1S/C17H34N2/c1-13(2)10-14-6-4-8-16(11-14)19(3)17-9-5-7-15(17)12-18/h13-17H,4-12,18H2,1-3H3. The molecule has 2 aliphatic carbocycles. The van der Waals surface area contributed by atoms with Crippen LogP contribution in [0.2, 0.25) is 0 Å². The molecule has 0 heterocycles. The summed E-state index contributed by atoms with van der Waals surface area (Å²) in [5.74, 6) is 2.59. The zero-order chi connectivity index (χ0) is 13.8. The molecule has 0 saturated heterocycles. The Bertz CT molecular complexity index is 264. The molecule has 2 aliphatic rings. The Balaban J connectivity index is 1.89. The van der Waals surface area contributed by atoms with E-state index in [4.69, 9.17) is 5.73 Å². The number of hydrogen-bond acceptors (Lipinski definition) is 2. The molecule has 112 valence electrons. The molecule has 4 atom stereocenters. The van der Waals surface area contributed by atoms with Crippen molar-refractivity contribution in [3.63, 3.8) is 0 Å². The summed E-state index contributed by atoms with van der Waals surface area (Å²) in [5.41, 5.74) is 5.96. The first-order valence-electron chi connectivity index (χ1n) is 8.53. The molecule has 0 aromatic heterocycles. The maximum Gasteiger partial charge on any atom is 0.0135 e. The maximum atomic E-state index is 5.96. The number of hydrogen-bond donors (Lipinski definition) is 1. The fourth-order valence-electron chi connectivity index (χ4n) is 4.61. The number of rotatable bonds is 5. The normalized spacial score (nSPS) is 36.3. The Morgan fingerprint density at radius 2 is 1.84 bits per heavy atom. The predicted molar refractivity (Wildman–Crippen MR) is 83.1 cm³/mol. The topological polar surface area (TPSA) is 29.3 Å². The minimum atomic E-state index is 0.760. The van der Waals surface area contributed by atoms with Gasteiger partial charge in [-0.1, -0.05) is 33.1 Å². The van der Waals surface area contributed by atoms with Crippen molar-refractivity contribution in [3.8, 4) is 0 Å². The number of nitrogens with two attached hydrogens (primary N) is 1. The van der Waals surface area contributed by atoms with Gasteiger partial charge in [-0.25, -0.2) is 0 Å². The minimum absolute atomic E-state index is 0.760. The molecule has 0 radical (unpaired) electrons. The van der Waals surface area contributed by atoms with Gasteiger partial charge in [0.2, 0.25) is 0 Å². The Hall–Kier alpha value is -0.0800. The molecule has 2 nitrogen and oxygen atoms in total. The first-order chi connectivity index (χ1) is 9.11. The first kappa shape index (κ1) is 15.3. The van der Waals surface area contributed by atoms with E-state index in [2.05, 4.69) is 25.8 Å². The number of nitrogens with zero attached hydrogens (tertiary/aromatic N) is 1. The monoisotopic (exact) mass is 266 g/mol. The summed E-state index contributed by atoms with van der Waals surface area (Å²) in [5, 5.41) is 0. The molecular weight excluding hydrogens is 232 g/mol. The van der Waals surface area contributed by atoms with E-state index in [1.165, 1.54) is 51.4 Å². The summed E-state index contributed by atoms with van der Waals surface area (Å²) < 4.78 is 0. The molecule has 0 aromatic carbocycles. The highest BCUT2D eigenvalue weighted by molar-refractivity contribution is 4.89. The molecule has 0 spiro atoms. The SMILES string of the molecule is CC(C)CC1CCCC(N(C)C2CCCC2CN)C1. The third-order valence-corrected chi connectivity index (χ3v) is 5.58. The van der Waals surface area contributed by atoms with Gasteiger partial charge in [0, 0.05) is 12.1 Å². The second kappa shape index (κ2) is 7.08. The average molecular weight is 266 g/mol. The lowest BCUT2D eigenvalue weighted by atomic mass is 9.80. The Morgan fingerprint density at radius 3 is 2.53 bits per heavy atom. The molecule has 2 saturated carbocycles. The van der Waals surface area contributed by atoms with Gasteiger partial charge in [0.15, 0.2) is 0 Å². The van der Waals surface area contributed by atoms with Crippen LogP contribution in [-0.2, 0) is 0 Å². The molecule has 4 unspecified atom stereocenters. The van der Waals surface area contributed by atoms with Gasteiger partial charge in [0.05, 0.1) is 0 Å². The van der Waals surface area contributed by atoms with E-state index in [-0.39, 0.29) is 0 Å². The molecule has 0 amide bonds. The molecule has 0 aliphatic heterocycles. The van der Waals surface area contributed by atoms with Gasteiger partial charge >= 0.3 is 0 Å². The van der Waals surface area contributed by atoms with E-state index in [0.29, 0.717) is 0 Å². The fraction of sp³-hybridized carbons (Fsp3) is 1.00. The second-order valence-electron chi connectivity index (χ2n) is 7.48. The average Bonchev–Trinajstić information content (AvgIpc) is 2.85. The zero-order valence-electron chi connectivity index (χ0n) is 13.3. The molecule has 0 aromatic rings. The van der Waals surface area contributed by atoms with Crippen LogP contribution < -0.4 is 5.73 Å². The van der Waals surface area contributed by atoms with E-state index >= 15 is 0 Å². The summed E-state index contributed by atoms with van der Waals surface area (Å²) in [6, 6.07) is 1.60. The lowest BCUT2D eigenvalue weighted by molar-refractivity contribution is 0.0901. The van der Waals surface area contributed by atoms with E-state index < -0.39 is 0 Å². The van der Waals surface area contributed by atoms with Gasteiger partial charge < -0.3 is 10.6 Å². The lowest BCUT2D eigenvalue weighted by Crippen LogP contribution is -2.45. The largest absolute Gasteiger partial charge is 0.330 e. The van der Waals surface area contributed by atoms with Crippen molar-refractivity contribution in [2.75, 3.05) is 13.6 Å². The highest BCUT2D eigenvalue weighted by Crippen LogP contribution is 2.36. The highest BCUT2D eigenvalue weighted by Gasteiger charge is 2.34. The molecule has 2 rings (SSSR count). The van der Waals surface area contributed by atoms with Crippen molar-refractivity contribution < 1.29 is 0 Å². The van der Waals surface area contributed by atoms with Crippen molar-refractivity contribution >= 4 is 0 Å². The van der Waals surface area contributed by atoms with Crippen LogP contribution in [0.5, 0.6) is 0 Å². The van der Waals surface area contributed by atoms with Crippen molar-refractivity contribution in [1.29, 1.82) is 0 Å². The Labute approximate surface area is 120 Å². The predicted octanol–water partition coefficient (Wildman–Crippen LogP) is 3.65. The molecule has 2 N–H and O–H groups in total. The van der Waals surface area contributed by atoms with Gasteiger partial charge in [-0.15, -0.1) is 0 Å². The van der Waals surface area contributed by atoms with Crippen molar-refractivity contribution in [1.82, 2.24) is 4.90 Å². The Kier molecular flexibility index (Phi) is 5.70. The van der Waals surface area contributed by atoms with Gasteiger partial charge in [-0.3, -0.25) is 0 Å². The molecule has 2 fully saturated rings. The van der Waals surface area contributed by atoms with E-state index in [1.54, 1.807) is 0 Å². The smallest absolute Gasteiger partial charge is 0.0135 e. The van der Waals surface area contributed by atoms with E-state index in [0.717, 1.165) is 36.4 Å². The van der Waals surface area contributed by atoms with Crippen LogP contribution in [0.15, 0.2) is 0 Å². The van der Waals surface area contributed by atoms with Crippen LogP contribution in [0.3, 0.4) is 0 Å². The molecule has 19 heavy (non-hydrogen) atoms. The highest BCUT2D eigenvalue weighted by atomic mass is 15.2. The Morgan fingerprint density at radius 1 is 1.11 bits per heavy atom. The summed E-state index contributed by atoms with van der Waals surface area (Å²) in [6.07, 6.45) is 11.3. The molecule has 0 bridgehead atoms. The van der Waals surface area contributed by atoms with Crippen LogP contribution in [-0.4, -0.2) is 30.6 Å². The fourth-order valence-corrected chi connectivity index (χ4v) is 4.61. The van der Waals surface area contributed by atoms with Crippen molar-refractivity contribution in [3.05, 3.63) is 0 Å². The van der Waals surface area contributed by atoms with Crippen LogP contribution in [0, 0.1) is 17.8 Å². The van der Waals surface area contributed by atoms with Gasteiger partial charge in [-0.2, -0.15) is 0 Å². The first-order valence-corrected chi connectivity index (χ1v) is 8.53. The van der Waals surface area contributed by atoms with Gasteiger partial charge in [-0.05, 0) is 63.5 Å². The van der Waals surface area contributed by atoms with Crippen LogP contribution in [0.25, 0.3) is 0 Å². The summed E-state index contributed by atoms with van der Waals surface area (Å²) in [6.45, 7) is 5.63. The van der Waals surface area contributed by atoms with Crippen molar-refractivity contribution in [2.24, 2.45) is 23.5 Å². The minimum Gasteiger partial charge on any atom is -0.330 e. The van der Waals surface area contributed by atoms with E-state index in [9.17, 15) is 0 Å². The molecular formula is C17H34N2. The molecule has 2 heteroatoms. The zero-order valence-corrected chi connectivity index (χ0v) is 13.3. The maximum absolute atomic E-state index is 5.96. The summed E-state index contributed by atoms with van der Waals surface area (Å²) >= 11 is 0. The van der Waals surface area contributed by atoms with Crippen LogP contribution in [0.1, 0.15) is 65.2 Å². The summed E-state index contributed by atoms with van der Waals surface area (Å²) in [4.78, 5) is 2.72. The lowest BCUT2D eigenvalue weighted by Gasteiger charge is -2.40. The van der Waals surface area contributed by atoms with E-state index in [1.807, 2.05) is 0 Å². The third kappa shape index (κ3) is 3.95. The second-order valence-corrected chi connectivity index (χ2v) is 7.48. The van der Waals surface area contributed by atoms with Crippen LogP contribution >= 0.6 is 0 Å². The van der Waals surface area contributed by atoms with Crippen LogP contribution in [0.4, 0.5) is 0 Å². The van der Waals surface area contributed by atoms with Crippen molar-refractivity contribution in [2.45, 2.75) is 77.3 Å². The third-order valence-electron chi connectivity index (χ3n) is 5.58.